The molecule has 1 fully saturated rings. The first kappa shape index (κ1) is 18.1. The van der Waals surface area contributed by atoms with Crippen LogP contribution in [0.25, 0.3) is 0 Å². The van der Waals surface area contributed by atoms with Gasteiger partial charge in [-0.05, 0) is 48.5 Å². The number of thioether (sulfide) groups is 1. The van der Waals surface area contributed by atoms with E-state index in [0.717, 1.165) is 11.8 Å². The Kier molecular flexibility index (Phi) is 5.32. The summed E-state index contributed by atoms with van der Waals surface area (Å²) in [5.74, 6) is -1.40. The minimum absolute atomic E-state index is 0.0244. The van der Waals surface area contributed by atoms with Crippen molar-refractivity contribution in [2.75, 3.05) is 12.4 Å². The maximum atomic E-state index is 13.0. The Labute approximate surface area is 153 Å². The molecule has 1 heterocycles. The Morgan fingerprint density at radius 3 is 2.31 bits per heavy atom. The van der Waals surface area contributed by atoms with Crippen LogP contribution in [0.1, 0.15) is 6.42 Å². The zero-order valence-electron chi connectivity index (χ0n) is 13.8. The smallest absolute Gasteiger partial charge is 0.238 e. The lowest BCUT2D eigenvalue weighted by Gasteiger charge is -2.28. The van der Waals surface area contributed by atoms with Crippen molar-refractivity contribution in [1.29, 1.82) is 0 Å². The first-order chi connectivity index (χ1) is 12.4. The van der Waals surface area contributed by atoms with E-state index >= 15 is 0 Å². The SMILES string of the molecule is CN1C(=O)C[C@@H](C(=O)Nc2ccc(F)cc2)SC1=Nc1ccc(F)cc1. The van der Waals surface area contributed by atoms with Gasteiger partial charge >= 0.3 is 0 Å². The van der Waals surface area contributed by atoms with Crippen LogP contribution >= 0.6 is 11.8 Å². The molecule has 0 bridgehead atoms. The highest BCUT2D eigenvalue weighted by Crippen LogP contribution is 2.29. The highest BCUT2D eigenvalue weighted by atomic mass is 32.2. The van der Waals surface area contributed by atoms with Crippen molar-refractivity contribution >= 4 is 40.1 Å². The zero-order chi connectivity index (χ0) is 18.7. The number of hydrogen-bond donors (Lipinski definition) is 1. The van der Waals surface area contributed by atoms with E-state index in [0.29, 0.717) is 16.5 Å². The molecular weight excluding hydrogens is 360 g/mol. The van der Waals surface area contributed by atoms with Crippen LogP contribution in [0.2, 0.25) is 0 Å². The van der Waals surface area contributed by atoms with Crippen molar-refractivity contribution in [3.63, 3.8) is 0 Å². The number of nitrogens with zero attached hydrogens (tertiary/aromatic N) is 2. The molecule has 3 rings (SSSR count). The minimum Gasteiger partial charge on any atom is -0.325 e. The number of halogens is 2. The number of hydrogen-bond acceptors (Lipinski definition) is 4. The second kappa shape index (κ2) is 7.65. The minimum atomic E-state index is -0.664. The number of benzene rings is 2. The lowest BCUT2D eigenvalue weighted by Crippen LogP contribution is -2.43. The van der Waals surface area contributed by atoms with Crippen molar-refractivity contribution in [2.24, 2.45) is 4.99 Å². The van der Waals surface area contributed by atoms with Crippen molar-refractivity contribution in [2.45, 2.75) is 11.7 Å². The third-order valence-corrected chi connectivity index (χ3v) is 4.97. The molecule has 2 amide bonds. The van der Waals surface area contributed by atoms with Crippen LogP contribution in [-0.2, 0) is 9.59 Å². The third kappa shape index (κ3) is 4.26. The molecule has 2 aromatic carbocycles. The Morgan fingerprint density at radius 1 is 1.12 bits per heavy atom. The molecule has 1 atom stereocenters. The first-order valence-electron chi connectivity index (χ1n) is 7.76. The maximum absolute atomic E-state index is 13.0. The molecule has 1 saturated heterocycles. The molecule has 0 unspecified atom stereocenters. The maximum Gasteiger partial charge on any atom is 0.238 e. The number of anilines is 1. The fourth-order valence-corrected chi connectivity index (χ4v) is 3.34. The molecule has 0 spiro atoms. The number of aliphatic imine (C=N–C) groups is 1. The summed E-state index contributed by atoms with van der Waals surface area (Å²) in [6.07, 6.45) is 0.0244. The third-order valence-electron chi connectivity index (χ3n) is 3.72. The molecule has 0 aromatic heterocycles. The highest BCUT2D eigenvalue weighted by Gasteiger charge is 2.34. The van der Waals surface area contributed by atoms with Crippen molar-refractivity contribution in [3.05, 3.63) is 60.2 Å². The average molecular weight is 375 g/mol. The number of amidine groups is 1. The largest absolute Gasteiger partial charge is 0.325 e. The number of nitrogens with one attached hydrogen (secondary N) is 1. The number of carbonyl (C=O) groups excluding carboxylic acids is 2. The molecule has 5 nitrogen and oxygen atoms in total. The van der Waals surface area contributed by atoms with E-state index in [9.17, 15) is 18.4 Å². The molecule has 8 heteroatoms. The van der Waals surface area contributed by atoms with E-state index in [1.807, 2.05) is 0 Å². The Bertz CT molecular complexity index is 854. The predicted molar refractivity (Wildman–Crippen MR) is 97.3 cm³/mol. The van der Waals surface area contributed by atoms with Gasteiger partial charge in [-0.25, -0.2) is 13.8 Å². The standard InChI is InChI=1S/C18H15F2N3O2S/c1-23-16(24)10-15(17(25)21-13-6-2-11(19)3-7-13)26-18(23)22-14-8-4-12(20)5-9-14/h2-9,15H,10H2,1H3,(H,21,25)/t15-/m0/s1. The Morgan fingerprint density at radius 2 is 1.69 bits per heavy atom. The van der Waals surface area contributed by atoms with Crippen LogP contribution in [0.5, 0.6) is 0 Å². The van der Waals surface area contributed by atoms with Gasteiger partial charge in [0, 0.05) is 19.2 Å². The van der Waals surface area contributed by atoms with Crippen LogP contribution in [0.15, 0.2) is 53.5 Å². The summed E-state index contributed by atoms with van der Waals surface area (Å²) in [4.78, 5) is 30.4. The Balaban J connectivity index is 1.76. The zero-order valence-corrected chi connectivity index (χ0v) is 14.6. The molecule has 1 aliphatic heterocycles. The molecular formula is C18H15F2N3O2S. The lowest BCUT2D eigenvalue weighted by atomic mass is 10.2. The van der Waals surface area contributed by atoms with Gasteiger partial charge in [0.2, 0.25) is 11.8 Å². The molecule has 1 aliphatic rings. The summed E-state index contributed by atoms with van der Waals surface area (Å²) in [6.45, 7) is 0. The predicted octanol–water partition coefficient (Wildman–Crippen LogP) is 3.55. The molecule has 0 saturated carbocycles. The molecule has 26 heavy (non-hydrogen) atoms. The molecule has 0 radical (unpaired) electrons. The summed E-state index contributed by atoms with van der Waals surface area (Å²) < 4.78 is 26.0. The number of amides is 2. The van der Waals surface area contributed by atoms with Crippen molar-refractivity contribution < 1.29 is 18.4 Å². The lowest BCUT2D eigenvalue weighted by molar-refractivity contribution is -0.128. The highest BCUT2D eigenvalue weighted by molar-refractivity contribution is 8.15. The summed E-state index contributed by atoms with van der Waals surface area (Å²) in [6, 6.07) is 10.9. The fourth-order valence-electron chi connectivity index (χ4n) is 2.28. The van der Waals surface area contributed by atoms with E-state index in [2.05, 4.69) is 10.3 Å². The molecule has 1 N–H and O–H groups in total. The number of rotatable bonds is 3. The van der Waals surface area contributed by atoms with Crippen LogP contribution in [0, 0.1) is 11.6 Å². The summed E-state index contributed by atoms with van der Waals surface area (Å²) in [5.41, 5.74) is 0.925. The van der Waals surface area contributed by atoms with Gasteiger partial charge in [0.1, 0.15) is 16.9 Å². The van der Waals surface area contributed by atoms with Gasteiger partial charge < -0.3 is 5.32 Å². The first-order valence-corrected chi connectivity index (χ1v) is 8.64. The Hall–Kier alpha value is -2.74. The van der Waals surface area contributed by atoms with E-state index in [-0.39, 0.29) is 24.1 Å². The van der Waals surface area contributed by atoms with E-state index < -0.39 is 11.1 Å². The van der Waals surface area contributed by atoms with Crippen LogP contribution in [0.3, 0.4) is 0 Å². The quantitative estimate of drug-likeness (QED) is 0.892. The van der Waals surface area contributed by atoms with Gasteiger partial charge in [-0.15, -0.1) is 0 Å². The van der Waals surface area contributed by atoms with Gasteiger partial charge in [0.05, 0.1) is 5.69 Å². The van der Waals surface area contributed by atoms with Crippen LogP contribution < -0.4 is 5.32 Å². The second-order valence-electron chi connectivity index (χ2n) is 5.63. The second-order valence-corrected chi connectivity index (χ2v) is 6.80. The van der Waals surface area contributed by atoms with Gasteiger partial charge in [-0.2, -0.15) is 0 Å². The van der Waals surface area contributed by atoms with E-state index in [1.54, 1.807) is 7.05 Å². The van der Waals surface area contributed by atoms with Crippen molar-refractivity contribution in [3.8, 4) is 0 Å². The summed E-state index contributed by atoms with van der Waals surface area (Å²) in [7, 11) is 1.58. The fraction of sp³-hybridized carbons (Fsp3) is 0.167. The topological polar surface area (TPSA) is 61.8 Å². The monoisotopic (exact) mass is 375 g/mol. The van der Waals surface area contributed by atoms with Gasteiger partial charge in [0.25, 0.3) is 0 Å². The summed E-state index contributed by atoms with van der Waals surface area (Å²) in [5, 5.41) is 2.35. The van der Waals surface area contributed by atoms with E-state index in [4.69, 9.17) is 0 Å². The molecule has 134 valence electrons. The number of carbonyl (C=O) groups is 2. The van der Waals surface area contributed by atoms with Crippen molar-refractivity contribution in [1.82, 2.24) is 4.90 Å². The normalized spacial score (nSPS) is 18.9. The van der Waals surface area contributed by atoms with E-state index in [1.165, 1.54) is 53.4 Å². The van der Waals surface area contributed by atoms with Crippen LogP contribution in [-0.4, -0.2) is 34.2 Å². The molecule has 0 aliphatic carbocycles. The van der Waals surface area contributed by atoms with Gasteiger partial charge in [-0.1, -0.05) is 11.8 Å². The molecule has 2 aromatic rings. The van der Waals surface area contributed by atoms with Gasteiger partial charge in [0.15, 0.2) is 5.17 Å². The summed E-state index contributed by atoms with van der Waals surface area (Å²) >= 11 is 1.15. The average Bonchev–Trinajstić information content (AvgIpc) is 2.62. The van der Waals surface area contributed by atoms with Crippen LogP contribution in [0.4, 0.5) is 20.2 Å². The van der Waals surface area contributed by atoms with Gasteiger partial charge in [-0.3, -0.25) is 14.5 Å².